The van der Waals surface area contributed by atoms with Crippen molar-refractivity contribution in [2.75, 3.05) is 7.11 Å². The van der Waals surface area contributed by atoms with Crippen molar-refractivity contribution in [3.05, 3.63) is 59.1 Å². The molecule has 0 spiro atoms. The number of aromatic nitrogens is 2. The lowest BCUT2D eigenvalue weighted by Gasteiger charge is -2.15. The van der Waals surface area contributed by atoms with Gasteiger partial charge in [0.25, 0.3) is 0 Å². The summed E-state index contributed by atoms with van der Waals surface area (Å²) in [4.78, 5) is 7.53. The molecule has 0 aliphatic carbocycles. The van der Waals surface area contributed by atoms with Gasteiger partial charge in [-0.3, -0.25) is 0 Å². The fourth-order valence-corrected chi connectivity index (χ4v) is 3.11. The van der Waals surface area contributed by atoms with Crippen LogP contribution in [0.25, 0.3) is 22.0 Å². The van der Waals surface area contributed by atoms with Crippen LogP contribution in [-0.4, -0.2) is 22.2 Å². The van der Waals surface area contributed by atoms with Gasteiger partial charge in [-0.05, 0) is 42.8 Å². The van der Waals surface area contributed by atoms with Gasteiger partial charge in [0.15, 0.2) is 11.7 Å². The quantitative estimate of drug-likeness (QED) is 0.597. The number of aryl methyl sites for hydroxylation is 1. The van der Waals surface area contributed by atoms with E-state index < -0.39 is 6.10 Å². The zero-order valence-electron chi connectivity index (χ0n) is 13.7. The molecule has 4 rings (SSSR count). The van der Waals surface area contributed by atoms with E-state index in [9.17, 15) is 5.11 Å². The first-order valence-electron chi connectivity index (χ1n) is 7.75. The molecule has 6 nitrogen and oxygen atoms in total. The average molecular weight is 333 g/mol. The Balaban J connectivity index is 1.90. The van der Waals surface area contributed by atoms with E-state index in [1.165, 1.54) is 0 Å². The molecule has 0 radical (unpaired) electrons. The molecule has 2 aromatic heterocycles. The molecule has 0 aliphatic rings. The highest BCUT2D eigenvalue weighted by Crippen LogP contribution is 2.38. The van der Waals surface area contributed by atoms with Crippen LogP contribution in [0, 0.1) is 18.3 Å². The number of nitrogens with one attached hydrogen (secondary N) is 1. The summed E-state index contributed by atoms with van der Waals surface area (Å²) in [5, 5.41) is 20.8. The van der Waals surface area contributed by atoms with Crippen molar-refractivity contribution in [1.82, 2.24) is 9.97 Å². The second-order valence-electron chi connectivity index (χ2n) is 5.82. The molecule has 0 amide bonds. The third-order valence-electron chi connectivity index (χ3n) is 4.31. The van der Waals surface area contributed by atoms with Gasteiger partial charge in [-0.15, -0.1) is 0 Å². The zero-order valence-corrected chi connectivity index (χ0v) is 13.7. The molecule has 4 aromatic rings. The van der Waals surface area contributed by atoms with Crippen molar-refractivity contribution in [3.63, 3.8) is 0 Å². The zero-order chi connectivity index (χ0) is 17.6. The van der Waals surface area contributed by atoms with Crippen molar-refractivity contribution in [2.24, 2.45) is 0 Å². The molecule has 25 heavy (non-hydrogen) atoms. The number of H-pyrrole nitrogens is 1. The molecule has 0 saturated heterocycles. The third-order valence-corrected chi connectivity index (χ3v) is 4.31. The second-order valence-corrected chi connectivity index (χ2v) is 5.82. The second kappa shape index (κ2) is 5.65. The van der Waals surface area contributed by atoms with E-state index in [-0.39, 0.29) is 5.89 Å². The predicted octanol–water partition coefficient (Wildman–Crippen LogP) is 3.58. The minimum atomic E-state index is -1.09. The highest BCUT2D eigenvalue weighted by molar-refractivity contribution is 5.89. The first-order valence-corrected chi connectivity index (χ1v) is 7.75. The summed E-state index contributed by atoms with van der Waals surface area (Å²) < 4.78 is 11.2. The molecular formula is C19H15N3O3. The molecule has 0 bridgehead atoms. The van der Waals surface area contributed by atoms with Crippen LogP contribution < -0.4 is 4.74 Å². The summed E-state index contributed by atoms with van der Waals surface area (Å²) in [5.74, 6) is 0.729. The van der Waals surface area contributed by atoms with E-state index in [0.717, 1.165) is 16.5 Å². The summed E-state index contributed by atoms with van der Waals surface area (Å²) in [6.07, 6.45) is 0.727. The van der Waals surface area contributed by atoms with E-state index in [1.54, 1.807) is 25.3 Å². The Morgan fingerprint density at radius 3 is 2.92 bits per heavy atom. The van der Waals surface area contributed by atoms with Gasteiger partial charge in [-0.1, -0.05) is 0 Å². The van der Waals surface area contributed by atoms with E-state index in [2.05, 4.69) is 16.0 Å². The molecule has 1 atom stereocenters. The highest BCUT2D eigenvalue weighted by atomic mass is 16.5. The maximum absolute atomic E-state index is 10.9. The summed E-state index contributed by atoms with van der Waals surface area (Å²) in [6, 6.07) is 10.8. The van der Waals surface area contributed by atoms with Gasteiger partial charge in [-0.2, -0.15) is 5.26 Å². The van der Waals surface area contributed by atoms with Gasteiger partial charge in [0.1, 0.15) is 11.3 Å². The summed E-state index contributed by atoms with van der Waals surface area (Å²) >= 11 is 0. The minimum absolute atomic E-state index is 0.162. The molecule has 124 valence electrons. The lowest BCUT2D eigenvalue weighted by Crippen LogP contribution is -2.04. The number of fused-ring (bicyclic) bond motifs is 2. The number of benzene rings is 2. The first-order chi connectivity index (χ1) is 12.1. The molecular weight excluding hydrogens is 318 g/mol. The van der Waals surface area contributed by atoms with Crippen LogP contribution in [0.1, 0.15) is 28.7 Å². The fraction of sp³-hybridized carbons (Fsp3) is 0.158. The van der Waals surface area contributed by atoms with Gasteiger partial charge >= 0.3 is 0 Å². The Hall–Kier alpha value is -3.30. The largest absolute Gasteiger partial charge is 0.496 e. The van der Waals surface area contributed by atoms with Crippen LogP contribution in [0.4, 0.5) is 0 Å². The molecule has 2 heterocycles. The van der Waals surface area contributed by atoms with Gasteiger partial charge < -0.3 is 19.2 Å². The van der Waals surface area contributed by atoms with Crippen LogP contribution >= 0.6 is 0 Å². The van der Waals surface area contributed by atoms with Gasteiger partial charge in [0.2, 0.25) is 5.89 Å². The molecule has 0 fully saturated rings. The monoisotopic (exact) mass is 333 g/mol. The number of hydrogen-bond donors (Lipinski definition) is 2. The average Bonchev–Trinajstić information content (AvgIpc) is 3.27. The van der Waals surface area contributed by atoms with Crippen LogP contribution in [-0.2, 0) is 0 Å². The van der Waals surface area contributed by atoms with E-state index in [1.807, 2.05) is 25.3 Å². The van der Waals surface area contributed by atoms with Crippen molar-refractivity contribution < 1.29 is 14.3 Å². The van der Waals surface area contributed by atoms with Crippen LogP contribution in [0.5, 0.6) is 5.75 Å². The first kappa shape index (κ1) is 15.2. The normalized spacial score (nSPS) is 12.4. The number of aromatic amines is 1. The Kier molecular flexibility index (Phi) is 3.45. The Morgan fingerprint density at radius 2 is 2.16 bits per heavy atom. The predicted molar refractivity (Wildman–Crippen MR) is 92.4 cm³/mol. The lowest BCUT2D eigenvalue weighted by atomic mass is 10.0. The number of aliphatic hydroxyl groups is 1. The summed E-state index contributed by atoms with van der Waals surface area (Å²) in [5.41, 5.74) is 4.08. The maximum Gasteiger partial charge on any atom is 0.229 e. The van der Waals surface area contributed by atoms with Crippen molar-refractivity contribution in [1.29, 1.82) is 5.26 Å². The smallest absolute Gasteiger partial charge is 0.229 e. The molecule has 0 saturated carbocycles. The Bertz CT molecular complexity index is 1130. The summed E-state index contributed by atoms with van der Waals surface area (Å²) in [6.45, 7) is 1.97. The fourth-order valence-electron chi connectivity index (χ4n) is 3.11. The standard InChI is InChI=1S/C19H15N3O3/c1-10-7-15(24-2)16(12-5-6-21-17(10)12)18(23)19-22-13-8-11(9-20)3-4-14(13)25-19/h3-8,18,21,23H,1-2H3. The highest BCUT2D eigenvalue weighted by Gasteiger charge is 2.25. The van der Waals surface area contributed by atoms with E-state index >= 15 is 0 Å². The van der Waals surface area contributed by atoms with Crippen molar-refractivity contribution in [2.45, 2.75) is 13.0 Å². The maximum atomic E-state index is 10.9. The van der Waals surface area contributed by atoms with Crippen LogP contribution in [0.15, 0.2) is 40.9 Å². The van der Waals surface area contributed by atoms with Gasteiger partial charge in [-0.25, -0.2) is 4.98 Å². The number of nitriles is 1. The lowest BCUT2D eigenvalue weighted by molar-refractivity contribution is 0.183. The number of oxazole rings is 1. The number of rotatable bonds is 3. The molecule has 2 N–H and O–H groups in total. The molecule has 2 aromatic carbocycles. The van der Waals surface area contributed by atoms with Crippen molar-refractivity contribution in [3.8, 4) is 11.8 Å². The van der Waals surface area contributed by atoms with E-state index in [0.29, 0.717) is 28.0 Å². The minimum Gasteiger partial charge on any atom is -0.496 e. The molecule has 0 aliphatic heterocycles. The van der Waals surface area contributed by atoms with Gasteiger partial charge in [0, 0.05) is 22.7 Å². The third kappa shape index (κ3) is 2.33. The topological polar surface area (TPSA) is 95.1 Å². The van der Waals surface area contributed by atoms with E-state index in [4.69, 9.17) is 14.4 Å². The number of aliphatic hydroxyl groups excluding tert-OH is 1. The SMILES string of the molecule is COc1cc(C)c2[nH]ccc2c1C(O)c1nc2cc(C#N)ccc2o1. The molecule has 6 heteroatoms. The number of methoxy groups -OCH3 is 1. The van der Waals surface area contributed by atoms with Crippen LogP contribution in [0.2, 0.25) is 0 Å². The number of ether oxygens (including phenoxy) is 1. The number of nitrogens with zero attached hydrogens (tertiary/aromatic N) is 2. The Morgan fingerprint density at radius 1 is 1.32 bits per heavy atom. The van der Waals surface area contributed by atoms with Gasteiger partial charge in [0.05, 0.1) is 18.7 Å². The number of hydrogen-bond acceptors (Lipinski definition) is 5. The van der Waals surface area contributed by atoms with Crippen LogP contribution in [0.3, 0.4) is 0 Å². The van der Waals surface area contributed by atoms with Crippen molar-refractivity contribution >= 4 is 22.0 Å². The Labute approximate surface area is 143 Å². The summed E-state index contributed by atoms with van der Waals surface area (Å²) in [7, 11) is 1.56. The molecule has 1 unspecified atom stereocenters.